The number of hydrogen-bond donors (Lipinski definition) is 4. The number of aliphatic hydroxyl groups is 1. The van der Waals surface area contributed by atoms with Crippen LogP contribution in [0.2, 0.25) is 5.02 Å². The van der Waals surface area contributed by atoms with Crippen molar-refractivity contribution in [3.8, 4) is 5.75 Å². The van der Waals surface area contributed by atoms with Gasteiger partial charge in [-0.1, -0.05) is 47.5 Å². The van der Waals surface area contributed by atoms with Gasteiger partial charge in [0.2, 0.25) is 18.2 Å². The first kappa shape index (κ1) is 35.1. The van der Waals surface area contributed by atoms with Crippen LogP contribution in [-0.2, 0) is 20.8 Å². The second kappa shape index (κ2) is 17.7. The lowest BCUT2D eigenvalue weighted by molar-refractivity contribution is -0.149. The van der Waals surface area contributed by atoms with Gasteiger partial charge in [-0.3, -0.25) is 14.4 Å². The zero-order chi connectivity index (χ0) is 31.1. The molecule has 42 heavy (non-hydrogen) atoms. The minimum Gasteiger partial charge on any atom is -0.492 e. The summed E-state index contributed by atoms with van der Waals surface area (Å²) < 4.78 is 5.98. The number of nitrogens with one attached hydrogen (secondary N) is 3. The summed E-state index contributed by atoms with van der Waals surface area (Å²) in [5, 5.41) is 20.1. The summed E-state index contributed by atoms with van der Waals surface area (Å²) in [6.07, 6.45) is 4.20. The first-order valence-corrected chi connectivity index (χ1v) is 15.0. The summed E-state index contributed by atoms with van der Waals surface area (Å²) in [4.78, 5) is 37.7. The van der Waals surface area contributed by atoms with Gasteiger partial charge in [-0.15, -0.1) is 0 Å². The van der Waals surface area contributed by atoms with Crippen LogP contribution >= 0.6 is 11.6 Å². The van der Waals surface area contributed by atoms with E-state index in [1.807, 2.05) is 55.5 Å². The molecule has 0 bridgehead atoms. The van der Waals surface area contributed by atoms with Crippen LogP contribution in [0, 0.1) is 12.8 Å². The number of aryl methyl sites for hydroxylation is 2. The van der Waals surface area contributed by atoms with E-state index in [9.17, 15) is 19.5 Å². The molecule has 0 aliphatic heterocycles. The average Bonchev–Trinajstić information content (AvgIpc) is 3.78. The zero-order valence-corrected chi connectivity index (χ0v) is 26.2. The fourth-order valence-electron chi connectivity index (χ4n) is 4.67. The van der Waals surface area contributed by atoms with Crippen molar-refractivity contribution in [1.82, 2.24) is 20.9 Å². The maximum absolute atomic E-state index is 13.3. The average molecular weight is 603 g/mol. The van der Waals surface area contributed by atoms with Crippen molar-refractivity contribution >= 4 is 29.8 Å². The lowest BCUT2D eigenvalue weighted by Crippen LogP contribution is -2.61. The number of amides is 3. The Morgan fingerprint density at radius 1 is 1.14 bits per heavy atom. The highest BCUT2D eigenvalue weighted by molar-refractivity contribution is 6.30. The van der Waals surface area contributed by atoms with Crippen molar-refractivity contribution < 1.29 is 24.2 Å². The van der Waals surface area contributed by atoms with E-state index in [0.29, 0.717) is 32.7 Å². The quantitative estimate of drug-likeness (QED) is 0.172. The lowest BCUT2D eigenvalue weighted by Gasteiger charge is -2.37. The van der Waals surface area contributed by atoms with Crippen molar-refractivity contribution in [2.45, 2.75) is 71.1 Å². The topological polar surface area (TPSA) is 120 Å². The van der Waals surface area contributed by atoms with E-state index < -0.39 is 17.7 Å². The highest BCUT2D eigenvalue weighted by Crippen LogP contribution is 2.34. The van der Waals surface area contributed by atoms with Gasteiger partial charge in [-0.2, -0.15) is 0 Å². The molecule has 1 fully saturated rings. The molecule has 0 radical (unpaired) electrons. The standard InChI is InChI=1S/C25H40N4O5.C7H7Cl/c1-5-27-23(31)22(25(2,3)33)29(4)24(32)21(19-12-13-19)28-15-16-34-20-11-7-6-9-18(20)10-8-14-26-17-30;1-6-2-4-7(8)5-3-6/h6-7,9,11,17,19,21-22,28,33H,5,8,10,12-16H2,1-4H3,(H,26,30)(H,27,31);2-5H,1H3. The molecular weight excluding hydrogens is 556 g/mol. The molecule has 3 amide bonds. The molecule has 0 spiro atoms. The number of benzene rings is 2. The zero-order valence-electron chi connectivity index (χ0n) is 25.5. The first-order chi connectivity index (χ1) is 20.0. The van der Waals surface area contributed by atoms with Gasteiger partial charge in [0.1, 0.15) is 18.4 Å². The molecule has 3 rings (SSSR count). The molecule has 2 aromatic carbocycles. The Labute approximate surface area is 255 Å². The third-order valence-electron chi connectivity index (χ3n) is 6.92. The summed E-state index contributed by atoms with van der Waals surface area (Å²) in [7, 11) is 1.57. The second-order valence-electron chi connectivity index (χ2n) is 11.1. The SMILES string of the molecule is CCNC(=O)C(N(C)C(=O)C(NCCOc1ccccc1CCCNC=O)C1CC1)C(C)(C)O.Cc1ccc(Cl)cc1. The van der Waals surface area contributed by atoms with Crippen LogP contribution < -0.4 is 20.7 Å². The van der Waals surface area contributed by atoms with Crippen molar-refractivity contribution in [3.63, 3.8) is 0 Å². The molecule has 1 aliphatic rings. The molecule has 232 valence electrons. The fraction of sp³-hybridized carbons (Fsp3) is 0.531. The van der Waals surface area contributed by atoms with E-state index in [1.165, 1.54) is 24.3 Å². The van der Waals surface area contributed by atoms with Crippen molar-refractivity contribution in [2.75, 3.05) is 33.3 Å². The van der Waals surface area contributed by atoms with Gasteiger partial charge in [0, 0.05) is 31.7 Å². The van der Waals surface area contributed by atoms with E-state index in [-0.39, 0.29) is 17.7 Å². The Bertz CT molecular complexity index is 1100. The number of carbonyl (C=O) groups is 3. The predicted octanol–water partition coefficient (Wildman–Crippen LogP) is 3.49. The Morgan fingerprint density at radius 3 is 2.38 bits per heavy atom. The number of nitrogens with zero attached hydrogens (tertiary/aromatic N) is 1. The van der Waals surface area contributed by atoms with Crippen LogP contribution in [0.5, 0.6) is 5.75 Å². The predicted molar refractivity (Wildman–Crippen MR) is 167 cm³/mol. The number of halogens is 1. The number of para-hydroxylation sites is 1. The number of likely N-dealkylation sites (N-methyl/N-ethyl adjacent to an activating group) is 2. The van der Waals surface area contributed by atoms with Gasteiger partial charge >= 0.3 is 0 Å². The molecule has 0 aromatic heterocycles. The van der Waals surface area contributed by atoms with Gasteiger partial charge in [0.25, 0.3) is 0 Å². The van der Waals surface area contributed by atoms with E-state index in [2.05, 4.69) is 16.0 Å². The Hall–Kier alpha value is -3.14. The molecule has 10 heteroatoms. The summed E-state index contributed by atoms with van der Waals surface area (Å²) >= 11 is 5.61. The van der Waals surface area contributed by atoms with Crippen LogP contribution in [0.4, 0.5) is 0 Å². The van der Waals surface area contributed by atoms with Gasteiger partial charge in [0.05, 0.1) is 11.6 Å². The van der Waals surface area contributed by atoms with E-state index in [0.717, 1.165) is 42.0 Å². The van der Waals surface area contributed by atoms with Crippen LogP contribution in [-0.4, -0.2) is 79.2 Å². The third kappa shape index (κ3) is 12.0. The molecule has 4 N–H and O–H groups in total. The van der Waals surface area contributed by atoms with E-state index in [4.69, 9.17) is 16.3 Å². The van der Waals surface area contributed by atoms with E-state index >= 15 is 0 Å². The Morgan fingerprint density at radius 2 is 1.81 bits per heavy atom. The number of rotatable bonds is 16. The summed E-state index contributed by atoms with van der Waals surface area (Å²) in [5.74, 6) is 0.428. The largest absolute Gasteiger partial charge is 0.492 e. The highest BCUT2D eigenvalue weighted by Gasteiger charge is 2.44. The van der Waals surface area contributed by atoms with Crippen molar-refractivity contribution in [3.05, 3.63) is 64.7 Å². The highest BCUT2D eigenvalue weighted by atomic mass is 35.5. The second-order valence-corrected chi connectivity index (χ2v) is 11.5. The normalized spacial score (nSPS) is 14.1. The molecule has 2 atom stereocenters. The van der Waals surface area contributed by atoms with E-state index in [1.54, 1.807) is 14.0 Å². The van der Waals surface area contributed by atoms with Crippen LogP contribution in [0.1, 0.15) is 51.2 Å². The summed E-state index contributed by atoms with van der Waals surface area (Å²) in [6.45, 7) is 8.80. The number of hydrogen-bond acceptors (Lipinski definition) is 6. The van der Waals surface area contributed by atoms with Crippen LogP contribution in [0.25, 0.3) is 0 Å². The maximum atomic E-state index is 13.3. The summed E-state index contributed by atoms with van der Waals surface area (Å²) in [5.41, 5.74) is 0.931. The lowest BCUT2D eigenvalue weighted by atomic mass is 9.95. The van der Waals surface area contributed by atoms with Gasteiger partial charge in [-0.25, -0.2) is 0 Å². The first-order valence-electron chi connectivity index (χ1n) is 14.6. The molecule has 2 aromatic rings. The van der Waals surface area contributed by atoms with Crippen molar-refractivity contribution in [1.29, 1.82) is 0 Å². The molecule has 1 aliphatic carbocycles. The smallest absolute Gasteiger partial charge is 0.245 e. The van der Waals surface area contributed by atoms with Gasteiger partial charge in [-0.05, 0) is 83.1 Å². The monoisotopic (exact) mass is 602 g/mol. The number of carbonyl (C=O) groups excluding carboxylic acids is 3. The fourth-order valence-corrected chi connectivity index (χ4v) is 4.80. The Kier molecular flexibility index (Phi) is 14.8. The van der Waals surface area contributed by atoms with Crippen molar-refractivity contribution in [2.24, 2.45) is 5.92 Å². The molecule has 9 nitrogen and oxygen atoms in total. The number of ether oxygens (including phenoxy) is 1. The maximum Gasteiger partial charge on any atom is 0.245 e. The Balaban J connectivity index is 0.000000661. The molecular formula is C32H47ClN4O5. The summed E-state index contributed by atoms with van der Waals surface area (Å²) in [6, 6.07) is 14.1. The van der Waals surface area contributed by atoms with Crippen LogP contribution in [0.3, 0.4) is 0 Å². The van der Waals surface area contributed by atoms with Gasteiger partial charge < -0.3 is 30.7 Å². The molecule has 0 saturated heterocycles. The third-order valence-corrected chi connectivity index (χ3v) is 7.17. The van der Waals surface area contributed by atoms with Crippen LogP contribution in [0.15, 0.2) is 48.5 Å². The molecule has 2 unspecified atom stereocenters. The molecule has 1 saturated carbocycles. The molecule has 0 heterocycles. The minimum atomic E-state index is -1.38. The van der Waals surface area contributed by atoms with Gasteiger partial charge in [0.15, 0.2) is 0 Å². The minimum absolute atomic E-state index is 0.205.